The molecule has 0 atom stereocenters. The Bertz CT molecular complexity index is 822. The van der Waals surface area contributed by atoms with Gasteiger partial charge in [0.1, 0.15) is 5.75 Å². The van der Waals surface area contributed by atoms with Crippen molar-refractivity contribution in [2.24, 2.45) is 0 Å². The molecule has 2 aromatic carbocycles. The standard InChI is InChI=1S/C20H18N2O3/c23-19(21-13-6-9-16-7-2-1-3-8-16)12-14-22-17-10-4-5-11-18(17)25-15-20(22)24/h1-5,7-8,10-11H,12-15H2,(H,21,23). The lowest BCUT2D eigenvalue weighted by atomic mass is 10.2. The van der Waals surface area contributed by atoms with Crippen LogP contribution in [0.4, 0.5) is 5.69 Å². The lowest BCUT2D eigenvalue weighted by molar-refractivity contribution is -0.122. The maximum absolute atomic E-state index is 12.0. The van der Waals surface area contributed by atoms with Gasteiger partial charge >= 0.3 is 0 Å². The number of ether oxygens (including phenoxy) is 1. The summed E-state index contributed by atoms with van der Waals surface area (Å²) in [6.07, 6.45) is 0.215. The highest BCUT2D eigenvalue weighted by molar-refractivity contribution is 5.98. The molecule has 3 rings (SSSR count). The van der Waals surface area contributed by atoms with E-state index in [4.69, 9.17) is 4.74 Å². The van der Waals surface area contributed by atoms with Crippen molar-refractivity contribution < 1.29 is 14.3 Å². The Morgan fingerprint density at radius 3 is 2.72 bits per heavy atom. The first kappa shape index (κ1) is 16.6. The van der Waals surface area contributed by atoms with E-state index in [-0.39, 0.29) is 31.4 Å². The van der Waals surface area contributed by atoms with Gasteiger partial charge in [0, 0.05) is 18.5 Å². The number of carbonyl (C=O) groups is 2. The van der Waals surface area contributed by atoms with Gasteiger partial charge in [0.2, 0.25) is 5.91 Å². The number of nitrogens with one attached hydrogen (secondary N) is 1. The predicted octanol–water partition coefficient (Wildman–Crippen LogP) is 1.97. The van der Waals surface area contributed by atoms with E-state index in [0.29, 0.717) is 18.0 Å². The first-order valence-corrected chi connectivity index (χ1v) is 8.07. The average molecular weight is 334 g/mol. The van der Waals surface area contributed by atoms with Gasteiger partial charge in [-0.15, -0.1) is 0 Å². The Morgan fingerprint density at radius 1 is 1.12 bits per heavy atom. The van der Waals surface area contributed by atoms with E-state index in [2.05, 4.69) is 17.2 Å². The quantitative estimate of drug-likeness (QED) is 0.870. The summed E-state index contributed by atoms with van der Waals surface area (Å²) in [6.45, 7) is 0.597. The molecular weight excluding hydrogens is 316 g/mol. The molecule has 5 nitrogen and oxygen atoms in total. The predicted molar refractivity (Wildman–Crippen MR) is 95.2 cm³/mol. The zero-order valence-corrected chi connectivity index (χ0v) is 13.7. The van der Waals surface area contributed by atoms with Crippen LogP contribution in [0.15, 0.2) is 54.6 Å². The highest BCUT2D eigenvalue weighted by Crippen LogP contribution is 2.31. The van der Waals surface area contributed by atoms with E-state index in [1.807, 2.05) is 54.6 Å². The van der Waals surface area contributed by atoms with Crippen LogP contribution < -0.4 is 15.0 Å². The van der Waals surface area contributed by atoms with Crippen molar-refractivity contribution in [3.63, 3.8) is 0 Å². The van der Waals surface area contributed by atoms with Crippen LogP contribution in [0.5, 0.6) is 5.75 Å². The Kier molecular flexibility index (Phi) is 5.32. The Hall–Kier alpha value is -3.26. The number of anilines is 1. The van der Waals surface area contributed by atoms with Crippen LogP contribution in [0.2, 0.25) is 0 Å². The molecule has 1 heterocycles. The normalized spacial score (nSPS) is 12.5. The second-order valence-electron chi connectivity index (χ2n) is 5.50. The molecule has 126 valence electrons. The van der Waals surface area contributed by atoms with Gasteiger partial charge in [0.05, 0.1) is 12.2 Å². The lowest BCUT2D eigenvalue weighted by Crippen LogP contribution is -2.41. The minimum absolute atomic E-state index is 0.00117. The van der Waals surface area contributed by atoms with Crippen LogP contribution in [-0.4, -0.2) is 31.5 Å². The van der Waals surface area contributed by atoms with E-state index in [1.165, 1.54) is 0 Å². The summed E-state index contributed by atoms with van der Waals surface area (Å²) in [5.41, 5.74) is 1.61. The molecule has 0 aromatic heterocycles. The topological polar surface area (TPSA) is 58.6 Å². The Balaban J connectivity index is 1.50. The monoisotopic (exact) mass is 334 g/mol. The zero-order valence-electron chi connectivity index (χ0n) is 13.7. The first-order valence-electron chi connectivity index (χ1n) is 8.07. The number of hydrogen-bond acceptors (Lipinski definition) is 3. The van der Waals surface area contributed by atoms with Gasteiger partial charge in [-0.3, -0.25) is 9.59 Å². The number of para-hydroxylation sites is 2. The largest absolute Gasteiger partial charge is 0.482 e. The molecule has 0 fully saturated rings. The molecule has 5 heteroatoms. The van der Waals surface area contributed by atoms with Crippen LogP contribution in [0.25, 0.3) is 0 Å². The molecule has 1 aliphatic rings. The number of carbonyl (C=O) groups excluding carboxylic acids is 2. The Morgan fingerprint density at radius 2 is 1.88 bits per heavy atom. The fraction of sp³-hybridized carbons (Fsp3) is 0.200. The van der Waals surface area contributed by atoms with Crippen LogP contribution >= 0.6 is 0 Å². The van der Waals surface area contributed by atoms with Gasteiger partial charge in [-0.05, 0) is 24.3 Å². The van der Waals surface area contributed by atoms with Crippen molar-refractivity contribution in [3.8, 4) is 17.6 Å². The third-order valence-electron chi connectivity index (χ3n) is 3.75. The minimum atomic E-state index is -0.143. The van der Waals surface area contributed by atoms with Crippen molar-refractivity contribution in [1.29, 1.82) is 0 Å². The Labute approximate surface area is 146 Å². The number of benzene rings is 2. The molecular formula is C20H18N2O3. The molecule has 1 aliphatic heterocycles. The molecule has 0 spiro atoms. The first-order chi connectivity index (χ1) is 12.2. The van der Waals surface area contributed by atoms with Crippen LogP contribution in [0.1, 0.15) is 12.0 Å². The van der Waals surface area contributed by atoms with Crippen LogP contribution in [0.3, 0.4) is 0 Å². The van der Waals surface area contributed by atoms with E-state index < -0.39 is 0 Å². The van der Waals surface area contributed by atoms with Gasteiger partial charge in [0.25, 0.3) is 5.91 Å². The van der Waals surface area contributed by atoms with Gasteiger partial charge < -0.3 is 15.0 Å². The summed E-state index contributed by atoms with van der Waals surface area (Å²) in [7, 11) is 0. The molecule has 0 saturated heterocycles. The van der Waals surface area contributed by atoms with Gasteiger partial charge in [-0.1, -0.05) is 42.2 Å². The molecule has 0 bridgehead atoms. The third-order valence-corrected chi connectivity index (χ3v) is 3.75. The van der Waals surface area contributed by atoms with Crippen LogP contribution in [0, 0.1) is 11.8 Å². The summed E-state index contributed by atoms with van der Waals surface area (Å²) in [5.74, 6) is 6.27. The van der Waals surface area contributed by atoms with E-state index in [9.17, 15) is 9.59 Å². The fourth-order valence-corrected chi connectivity index (χ4v) is 2.51. The second kappa shape index (κ2) is 8.02. The molecule has 2 aromatic rings. The van der Waals surface area contributed by atoms with Crippen molar-refractivity contribution in [1.82, 2.24) is 5.32 Å². The summed E-state index contributed by atoms with van der Waals surface area (Å²) < 4.78 is 5.38. The zero-order chi connectivity index (χ0) is 17.5. The van der Waals surface area contributed by atoms with Crippen molar-refractivity contribution in [2.75, 3.05) is 24.6 Å². The molecule has 25 heavy (non-hydrogen) atoms. The molecule has 2 amide bonds. The summed E-state index contributed by atoms with van der Waals surface area (Å²) in [4.78, 5) is 25.6. The maximum Gasteiger partial charge on any atom is 0.265 e. The smallest absolute Gasteiger partial charge is 0.265 e. The number of nitrogens with zero attached hydrogens (tertiary/aromatic N) is 1. The molecule has 1 N–H and O–H groups in total. The number of hydrogen-bond donors (Lipinski definition) is 1. The van der Waals surface area contributed by atoms with Crippen molar-refractivity contribution in [2.45, 2.75) is 6.42 Å². The highest BCUT2D eigenvalue weighted by atomic mass is 16.5. The average Bonchev–Trinajstić information content (AvgIpc) is 2.65. The molecule has 0 saturated carbocycles. The SMILES string of the molecule is O=C(CCN1C(=O)COc2ccccc21)NCC#Cc1ccccc1. The summed E-state index contributed by atoms with van der Waals surface area (Å²) >= 11 is 0. The van der Waals surface area contributed by atoms with Gasteiger partial charge in [-0.25, -0.2) is 0 Å². The van der Waals surface area contributed by atoms with Gasteiger partial charge in [0.15, 0.2) is 6.61 Å². The van der Waals surface area contributed by atoms with Gasteiger partial charge in [-0.2, -0.15) is 0 Å². The highest BCUT2D eigenvalue weighted by Gasteiger charge is 2.25. The minimum Gasteiger partial charge on any atom is -0.482 e. The summed E-state index contributed by atoms with van der Waals surface area (Å²) in [6, 6.07) is 16.9. The number of rotatable bonds is 4. The van der Waals surface area contributed by atoms with Crippen molar-refractivity contribution >= 4 is 17.5 Å². The number of amides is 2. The van der Waals surface area contributed by atoms with E-state index in [0.717, 1.165) is 5.56 Å². The fourth-order valence-electron chi connectivity index (χ4n) is 2.51. The number of fused-ring (bicyclic) bond motifs is 1. The lowest BCUT2D eigenvalue weighted by Gasteiger charge is -2.29. The van der Waals surface area contributed by atoms with Crippen LogP contribution in [-0.2, 0) is 9.59 Å². The summed E-state index contributed by atoms with van der Waals surface area (Å²) in [5, 5.41) is 2.75. The second-order valence-corrected chi connectivity index (χ2v) is 5.50. The van der Waals surface area contributed by atoms with Crippen molar-refractivity contribution in [3.05, 3.63) is 60.2 Å². The van der Waals surface area contributed by atoms with E-state index >= 15 is 0 Å². The third kappa shape index (κ3) is 4.39. The maximum atomic E-state index is 12.0. The molecule has 0 aliphatic carbocycles. The molecule has 0 radical (unpaired) electrons. The molecule has 0 unspecified atom stereocenters. The van der Waals surface area contributed by atoms with E-state index in [1.54, 1.807) is 4.90 Å².